The van der Waals surface area contributed by atoms with Gasteiger partial charge in [0.05, 0.1) is 10.5 Å². The Morgan fingerprint density at radius 2 is 1.15 bits per heavy atom. The molecule has 0 N–H and O–H groups in total. The second-order valence-corrected chi connectivity index (χ2v) is 12.0. The highest BCUT2D eigenvalue weighted by atomic mass is 32.2. The van der Waals surface area contributed by atoms with E-state index in [0.29, 0.717) is 11.8 Å². The topological polar surface area (TPSA) is 17.1 Å². The first-order chi connectivity index (χ1) is 12.1. The van der Waals surface area contributed by atoms with Crippen LogP contribution in [0.25, 0.3) is 10.8 Å². The predicted molar refractivity (Wildman–Crippen MR) is 111 cm³/mol. The summed E-state index contributed by atoms with van der Waals surface area (Å²) >= 11 is 0. The first-order valence-corrected chi connectivity index (χ1v) is 11.1. The molecule has 2 aliphatic heterocycles. The van der Waals surface area contributed by atoms with Gasteiger partial charge in [-0.05, 0) is 43.9 Å². The van der Waals surface area contributed by atoms with E-state index in [9.17, 15) is 4.21 Å². The lowest BCUT2D eigenvalue weighted by atomic mass is 9.63. The Morgan fingerprint density at radius 3 is 1.54 bits per heavy atom. The first-order valence-electron chi connectivity index (χ1n) is 9.78. The Labute approximate surface area is 159 Å². The van der Waals surface area contributed by atoms with E-state index in [1.807, 2.05) is 0 Å². The lowest BCUT2D eigenvalue weighted by Gasteiger charge is -2.39. The summed E-state index contributed by atoms with van der Waals surface area (Å²) in [6.07, 6.45) is 0. The minimum atomic E-state index is -0.814. The van der Waals surface area contributed by atoms with Crippen LogP contribution in [0.3, 0.4) is 0 Å². The minimum absolute atomic E-state index is 0.0608. The monoisotopic (exact) mass is 364 g/mol. The third kappa shape index (κ3) is 1.89. The Hall–Kier alpha value is -1.41. The molecule has 0 spiro atoms. The molecule has 5 atom stereocenters. The maximum atomic E-state index is 13.7. The molecular weight excluding hydrogens is 336 g/mol. The van der Waals surface area contributed by atoms with Gasteiger partial charge in [-0.25, -0.2) is 0 Å². The van der Waals surface area contributed by atoms with Gasteiger partial charge in [0.2, 0.25) is 0 Å². The van der Waals surface area contributed by atoms with E-state index in [0.717, 1.165) is 0 Å². The number of hydrogen-bond acceptors (Lipinski definition) is 1. The van der Waals surface area contributed by atoms with Crippen LogP contribution in [0, 0.1) is 10.8 Å². The van der Waals surface area contributed by atoms with Crippen LogP contribution in [-0.4, -0.2) is 14.7 Å². The van der Waals surface area contributed by atoms with E-state index in [2.05, 4.69) is 77.9 Å². The third-order valence-corrected chi connectivity index (χ3v) is 8.76. The average Bonchev–Trinajstić information content (AvgIpc) is 3.13. The molecule has 0 radical (unpaired) electrons. The summed E-state index contributed by atoms with van der Waals surface area (Å²) in [5, 5.41) is 3.14. The summed E-state index contributed by atoms with van der Waals surface area (Å²) in [5.74, 6) is 0.782. The van der Waals surface area contributed by atoms with Gasteiger partial charge in [-0.3, -0.25) is 4.21 Å². The molecule has 1 saturated heterocycles. The number of rotatable bonds is 0. The average molecular weight is 365 g/mol. The van der Waals surface area contributed by atoms with Gasteiger partial charge in [0.25, 0.3) is 0 Å². The highest BCUT2D eigenvalue weighted by Crippen LogP contribution is 2.67. The predicted octanol–water partition coefficient (Wildman–Crippen LogP) is 5.92. The quantitative estimate of drug-likeness (QED) is 0.530. The Morgan fingerprint density at radius 1 is 0.731 bits per heavy atom. The van der Waals surface area contributed by atoms with Crippen molar-refractivity contribution in [2.45, 2.75) is 63.9 Å². The zero-order valence-corrected chi connectivity index (χ0v) is 17.4. The standard InChI is InChI=1S/C24H28OS/c1-23(2,3)19-20(24(4,5)6)22-18-15-12-8-10-13-9-7-11-14(16(13)15)17(18)21(19)26(22)25/h7-12,17-18,21-22H,1-6H3/t17-,18+,21+,22-,26?. The second-order valence-electron chi connectivity index (χ2n) is 10.3. The van der Waals surface area contributed by atoms with E-state index in [1.54, 1.807) is 0 Å². The van der Waals surface area contributed by atoms with Gasteiger partial charge in [0, 0.05) is 22.6 Å². The fourth-order valence-corrected chi connectivity index (χ4v) is 9.00. The van der Waals surface area contributed by atoms with E-state index in [-0.39, 0.29) is 21.3 Å². The van der Waals surface area contributed by atoms with Crippen LogP contribution in [-0.2, 0) is 10.8 Å². The van der Waals surface area contributed by atoms with Crippen molar-refractivity contribution in [3.05, 3.63) is 58.7 Å². The van der Waals surface area contributed by atoms with Crippen LogP contribution in [0.4, 0.5) is 0 Å². The highest BCUT2D eigenvalue weighted by molar-refractivity contribution is 7.87. The van der Waals surface area contributed by atoms with E-state index in [4.69, 9.17) is 0 Å². The van der Waals surface area contributed by atoms with Crippen LogP contribution in [0.15, 0.2) is 47.5 Å². The van der Waals surface area contributed by atoms with Gasteiger partial charge in [0.1, 0.15) is 0 Å². The van der Waals surface area contributed by atoms with Crippen molar-refractivity contribution in [2.24, 2.45) is 10.8 Å². The van der Waals surface area contributed by atoms with Crippen LogP contribution in [0.5, 0.6) is 0 Å². The maximum Gasteiger partial charge on any atom is 0.0646 e. The smallest absolute Gasteiger partial charge is 0.0646 e. The minimum Gasteiger partial charge on any atom is -0.258 e. The van der Waals surface area contributed by atoms with Crippen LogP contribution in [0.1, 0.15) is 64.5 Å². The van der Waals surface area contributed by atoms with E-state index < -0.39 is 10.8 Å². The molecule has 1 fully saturated rings. The van der Waals surface area contributed by atoms with E-state index >= 15 is 0 Å². The molecule has 26 heavy (non-hydrogen) atoms. The molecule has 1 aliphatic carbocycles. The van der Waals surface area contributed by atoms with Gasteiger partial charge >= 0.3 is 0 Å². The summed E-state index contributed by atoms with van der Waals surface area (Å²) < 4.78 is 13.7. The molecular formula is C24H28OS. The summed E-state index contributed by atoms with van der Waals surface area (Å²) in [6, 6.07) is 13.4. The molecule has 1 unspecified atom stereocenters. The van der Waals surface area contributed by atoms with Gasteiger partial charge < -0.3 is 0 Å². The molecule has 2 aromatic carbocycles. The molecule has 5 rings (SSSR count). The molecule has 2 bridgehead atoms. The molecule has 0 saturated carbocycles. The highest BCUT2D eigenvalue weighted by Gasteiger charge is 2.63. The number of hydrogen-bond donors (Lipinski definition) is 0. The van der Waals surface area contributed by atoms with Crippen molar-refractivity contribution in [1.82, 2.24) is 0 Å². The second kappa shape index (κ2) is 4.90. The van der Waals surface area contributed by atoms with Gasteiger partial charge in [0.15, 0.2) is 0 Å². The van der Waals surface area contributed by atoms with Crippen molar-refractivity contribution in [3.63, 3.8) is 0 Å². The molecule has 0 amide bonds. The maximum absolute atomic E-state index is 13.7. The van der Waals surface area contributed by atoms with Crippen LogP contribution in [0.2, 0.25) is 0 Å². The summed E-state index contributed by atoms with van der Waals surface area (Å²) in [7, 11) is -0.814. The fourth-order valence-electron chi connectivity index (χ4n) is 6.05. The zero-order chi connectivity index (χ0) is 18.6. The lowest BCUT2D eigenvalue weighted by molar-refractivity contribution is 0.384. The largest absolute Gasteiger partial charge is 0.258 e. The van der Waals surface area contributed by atoms with Crippen molar-refractivity contribution in [3.8, 4) is 0 Å². The van der Waals surface area contributed by atoms with Crippen molar-refractivity contribution in [1.29, 1.82) is 0 Å². The summed E-state index contributed by atoms with van der Waals surface area (Å²) in [5.41, 5.74) is 5.98. The van der Waals surface area contributed by atoms with Crippen LogP contribution < -0.4 is 0 Å². The molecule has 2 heteroatoms. The number of fused-ring (bicyclic) bond motifs is 7. The molecule has 1 nitrogen and oxygen atoms in total. The lowest BCUT2D eigenvalue weighted by Crippen LogP contribution is -2.33. The Bertz CT molecular complexity index is 924. The fraction of sp³-hybridized carbons (Fsp3) is 0.500. The van der Waals surface area contributed by atoms with E-state index in [1.165, 1.54) is 33.0 Å². The number of benzene rings is 2. The third-order valence-electron chi connectivity index (χ3n) is 6.70. The summed E-state index contributed by atoms with van der Waals surface area (Å²) in [4.78, 5) is 0. The Kier molecular flexibility index (Phi) is 3.15. The van der Waals surface area contributed by atoms with Crippen molar-refractivity contribution in [2.75, 3.05) is 0 Å². The van der Waals surface area contributed by atoms with Crippen LogP contribution >= 0.6 is 0 Å². The van der Waals surface area contributed by atoms with Gasteiger partial charge in [-0.1, -0.05) is 77.9 Å². The molecule has 2 aromatic rings. The van der Waals surface area contributed by atoms with Crippen molar-refractivity contribution < 1.29 is 4.21 Å². The zero-order valence-electron chi connectivity index (χ0n) is 16.6. The molecule has 2 heterocycles. The van der Waals surface area contributed by atoms with Gasteiger partial charge in [-0.15, -0.1) is 0 Å². The SMILES string of the molecule is CC(C)(C)C1=C(C(C)(C)C)[C@H]2[C@H]3c4cccc5cccc(c45)[C@H]3[C@@H]1S2=O. The van der Waals surface area contributed by atoms with Crippen molar-refractivity contribution >= 4 is 21.6 Å². The normalized spacial score (nSPS) is 32.6. The summed E-state index contributed by atoms with van der Waals surface area (Å²) in [6.45, 7) is 13.9. The molecule has 3 aliphatic rings. The first kappa shape index (κ1) is 16.7. The van der Waals surface area contributed by atoms with Gasteiger partial charge in [-0.2, -0.15) is 0 Å². The molecule has 0 aromatic heterocycles. The molecule has 136 valence electrons. The Balaban J connectivity index is 1.83.